The lowest BCUT2D eigenvalue weighted by molar-refractivity contribution is -0.146. The molecule has 2 aromatic heterocycles. The van der Waals surface area contributed by atoms with Crippen LogP contribution in [0.3, 0.4) is 0 Å². The van der Waals surface area contributed by atoms with E-state index in [1.807, 2.05) is 6.07 Å². The standard InChI is InChI=1S/C26H22ClF3N4O4S2/c1-37-18-5-3-4-15(22(18)38-2)23-16-10-13(27)6-8-17(16)34-24(32-33-25(34)26(28,29)30)19(40-23)11-20-31-14(12-39-20)7-9-21(35)36/h3-6,8,10,12,19,23H,7,9,11H2,1-2H3,(H,35,36). The number of aromatic nitrogens is 4. The number of aryl methyl sites for hydroxylation is 1. The largest absolute Gasteiger partial charge is 0.493 e. The number of ether oxygens (including phenoxy) is 2. The minimum atomic E-state index is -4.77. The molecular weight excluding hydrogens is 589 g/mol. The number of aliphatic carboxylic acids is 1. The number of carboxylic acids is 1. The van der Waals surface area contributed by atoms with E-state index in [1.165, 1.54) is 49.5 Å². The van der Waals surface area contributed by atoms with Crippen LogP contribution in [0.1, 0.15) is 50.4 Å². The van der Waals surface area contributed by atoms with Crippen molar-refractivity contribution in [2.75, 3.05) is 14.2 Å². The van der Waals surface area contributed by atoms with Gasteiger partial charge in [0.05, 0.1) is 47.5 Å². The van der Waals surface area contributed by atoms with Gasteiger partial charge in [0, 0.05) is 28.8 Å². The van der Waals surface area contributed by atoms with Gasteiger partial charge in [-0.3, -0.25) is 9.36 Å². The number of thiazole rings is 1. The average Bonchev–Trinajstić information content (AvgIpc) is 3.54. The zero-order valence-corrected chi connectivity index (χ0v) is 23.5. The Morgan fingerprint density at radius 2 is 1.95 bits per heavy atom. The van der Waals surface area contributed by atoms with Gasteiger partial charge < -0.3 is 14.6 Å². The molecular formula is C26H22ClF3N4O4S2. The quantitative estimate of drug-likeness (QED) is 0.240. The maximum atomic E-state index is 14.2. The van der Waals surface area contributed by atoms with Gasteiger partial charge >= 0.3 is 12.1 Å². The molecule has 5 rings (SSSR count). The van der Waals surface area contributed by atoms with Crippen LogP contribution < -0.4 is 9.47 Å². The van der Waals surface area contributed by atoms with Crippen molar-refractivity contribution in [1.29, 1.82) is 0 Å². The highest BCUT2D eigenvalue weighted by Gasteiger charge is 2.43. The second-order valence-corrected chi connectivity index (χ2v) is 11.5. The minimum Gasteiger partial charge on any atom is -0.493 e. The summed E-state index contributed by atoms with van der Waals surface area (Å²) in [4.78, 5) is 15.5. The molecule has 0 radical (unpaired) electrons. The Morgan fingerprint density at radius 1 is 1.15 bits per heavy atom. The van der Waals surface area contributed by atoms with Gasteiger partial charge in [-0.1, -0.05) is 23.7 Å². The lowest BCUT2D eigenvalue weighted by atomic mass is 10.0. The zero-order valence-electron chi connectivity index (χ0n) is 21.1. The van der Waals surface area contributed by atoms with E-state index in [0.717, 1.165) is 4.57 Å². The molecule has 210 valence electrons. The fraction of sp³-hybridized carbons (Fsp3) is 0.308. The van der Waals surface area contributed by atoms with E-state index in [2.05, 4.69) is 15.2 Å². The summed E-state index contributed by atoms with van der Waals surface area (Å²) in [5.41, 5.74) is 2.08. The summed E-state index contributed by atoms with van der Waals surface area (Å²) in [6, 6.07) is 10.1. The Bertz CT molecular complexity index is 1560. The zero-order chi connectivity index (χ0) is 28.6. The molecule has 0 bridgehead atoms. The molecule has 40 heavy (non-hydrogen) atoms. The van der Waals surface area contributed by atoms with Gasteiger partial charge in [0.2, 0.25) is 5.82 Å². The van der Waals surface area contributed by atoms with Crippen molar-refractivity contribution in [2.24, 2.45) is 0 Å². The van der Waals surface area contributed by atoms with Gasteiger partial charge in [-0.25, -0.2) is 4.98 Å². The number of nitrogens with zero attached hydrogens (tertiary/aromatic N) is 4. The molecule has 0 fully saturated rings. The molecule has 8 nitrogen and oxygen atoms in total. The summed E-state index contributed by atoms with van der Waals surface area (Å²) in [5.74, 6) is -1.04. The molecule has 2 unspecified atom stereocenters. The number of benzene rings is 2. The average molecular weight is 611 g/mol. The first-order valence-electron chi connectivity index (χ1n) is 11.9. The molecule has 0 saturated heterocycles. The van der Waals surface area contributed by atoms with E-state index >= 15 is 0 Å². The van der Waals surface area contributed by atoms with Gasteiger partial charge in [0.25, 0.3) is 0 Å². The SMILES string of the molecule is COc1cccc(C2SC(Cc3nc(CCC(=O)O)cs3)c3nnc(C(F)(F)F)n3-c3ccc(Cl)cc32)c1OC. The Hall–Kier alpha value is -3.29. The van der Waals surface area contributed by atoms with Crippen molar-refractivity contribution >= 4 is 40.7 Å². The Labute approximate surface area is 240 Å². The maximum Gasteiger partial charge on any atom is 0.452 e. The molecule has 0 amide bonds. The minimum absolute atomic E-state index is 0.0710. The van der Waals surface area contributed by atoms with Crippen LogP contribution in [0.4, 0.5) is 13.2 Å². The predicted octanol–water partition coefficient (Wildman–Crippen LogP) is 6.55. The van der Waals surface area contributed by atoms with Crippen molar-refractivity contribution < 1.29 is 32.5 Å². The van der Waals surface area contributed by atoms with Crippen molar-refractivity contribution in [3.05, 3.63) is 80.3 Å². The van der Waals surface area contributed by atoms with Gasteiger partial charge in [-0.05, 0) is 29.8 Å². The first-order chi connectivity index (χ1) is 19.1. The Balaban J connectivity index is 1.68. The molecule has 2 aromatic carbocycles. The number of carboxylic acid groups (broad SMARTS) is 1. The number of thioether (sulfide) groups is 1. The molecule has 0 aliphatic carbocycles. The number of hydrogen-bond acceptors (Lipinski definition) is 8. The smallest absolute Gasteiger partial charge is 0.452 e. The van der Waals surface area contributed by atoms with Gasteiger partial charge in [0.1, 0.15) is 0 Å². The van der Waals surface area contributed by atoms with Crippen LogP contribution in [0, 0.1) is 0 Å². The number of para-hydroxylation sites is 1. The number of fused-ring (bicyclic) bond motifs is 3. The van der Waals surface area contributed by atoms with E-state index in [0.29, 0.717) is 38.4 Å². The highest BCUT2D eigenvalue weighted by molar-refractivity contribution is 8.00. The highest BCUT2D eigenvalue weighted by Crippen LogP contribution is 2.54. The highest BCUT2D eigenvalue weighted by atomic mass is 35.5. The summed E-state index contributed by atoms with van der Waals surface area (Å²) in [6.45, 7) is 0. The molecule has 4 aromatic rings. The van der Waals surface area contributed by atoms with Crippen LogP contribution in [-0.2, 0) is 23.8 Å². The maximum absolute atomic E-state index is 14.2. The third kappa shape index (κ3) is 5.50. The molecule has 0 spiro atoms. The summed E-state index contributed by atoms with van der Waals surface area (Å²) in [7, 11) is 3.01. The predicted molar refractivity (Wildman–Crippen MR) is 145 cm³/mol. The van der Waals surface area contributed by atoms with E-state index in [1.54, 1.807) is 23.6 Å². The van der Waals surface area contributed by atoms with Crippen molar-refractivity contribution in [3.8, 4) is 17.2 Å². The van der Waals surface area contributed by atoms with Crippen molar-refractivity contribution in [2.45, 2.75) is 35.9 Å². The number of alkyl halides is 3. The Morgan fingerprint density at radius 3 is 2.65 bits per heavy atom. The van der Waals surface area contributed by atoms with E-state index in [4.69, 9.17) is 26.2 Å². The van der Waals surface area contributed by atoms with Crippen LogP contribution in [0.15, 0.2) is 41.8 Å². The number of carbonyl (C=O) groups is 1. The molecule has 3 heterocycles. The molecule has 0 saturated carbocycles. The van der Waals surface area contributed by atoms with Crippen LogP contribution in [-0.4, -0.2) is 45.0 Å². The van der Waals surface area contributed by atoms with E-state index in [9.17, 15) is 18.0 Å². The number of hydrogen-bond donors (Lipinski definition) is 1. The monoisotopic (exact) mass is 610 g/mol. The van der Waals surface area contributed by atoms with E-state index in [-0.39, 0.29) is 30.8 Å². The summed E-state index contributed by atoms with van der Waals surface area (Å²) in [6.07, 6.45) is -4.34. The van der Waals surface area contributed by atoms with E-state index < -0.39 is 28.5 Å². The Kier molecular flexibility index (Phi) is 7.98. The molecule has 14 heteroatoms. The third-order valence-electron chi connectivity index (χ3n) is 6.31. The number of methoxy groups -OCH3 is 2. The van der Waals surface area contributed by atoms with Crippen LogP contribution in [0.2, 0.25) is 5.02 Å². The van der Waals surface area contributed by atoms with Crippen molar-refractivity contribution in [1.82, 2.24) is 19.7 Å². The van der Waals surface area contributed by atoms with Gasteiger partial charge in [0.15, 0.2) is 17.3 Å². The lowest BCUT2D eigenvalue weighted by Gasteiger charge is -2.23. The third-order valence-corrected chi connectivity index (χ3v) is 8.95. The second-order valence-electron chi connectivity index (χ2n) is 8.84. The van der Waals surface area contributed by atoms with Crippen LogP contribution in [0.5, 0.6) is 11.5 Å². The molecule has 2 atom stereocenters. The van der Waals surface area contributed by atoms with Crippen LogP contribution in [0.25, 0.3) is 5.69 Å². The normalized spacial score (nSPS) is 16.6. The fourth-order valence-corrected chi connectivity index (χ4v) is 7.30. The fourth-order valence-electron chi connectivity index (χ4n) is 4.61. The molecule has 1 N–H and O–H groups in total. The topological polar surface area (TPSA) is 99.4 Å². The molecule has 1 aliphatic rings. The molecule has 1 aliphatic heterocycles. The number of rotatable bonds is 8. The van der Waals surface area contributed by atoms with Crippen molar-refractivity contribution in [3.63, 3.8) is 0 Å². The second kappa shape index (κ2) is 11.3. The summed E-state index contributed by atoms with van der Waals surface area (Å²) >= 11 is 9.09. The van der Waals surface area contributed by atoms with Crippen LogP contribution >= 0.6 is 34.7 Å². The van der Waals surface area contributed by atoms with Gasteiger partial charge in [-0.2, -0.15) is 13.2 Å². The van der Waals surface area contributed by atoms with Gasteiger partial charge in [-0.15, -0.1) is 33.3 Å². The first-order valence-corrected chi connectivity index (χ1v) is 14.1. The lowest BCUT2D eigenvalue weighted by Crippen LogP contribution is -2.16. The summed E-state index contributed by atoms with van der Waals surface area (Å²) in [5, 5.41) is 18.2. The summed E-state index contributed by atoms with van der Waals surface area (Å²) < 4.78 is 54.9. The first kappa shape index (κ1) is 28.2. The number of halogens is 4.